The van der Waals surface area contributed by atoms with Crippen LogP contribution in [0.1, 0.15) is 11.1 Å². The van der Waals surface area contributed by atoms with E-state index in [-0.39, 0.29) is 0 Å². The highest BCUT2D eigenvalue weighted by atomic mass is 14.7. The summed E-state index contributed by atoms with van der Waals surface area (Å²) < 4.78 is 0. The van der Waals surface area contributed by atoms with E-state index in [0.717, 1.165) is 6.54 Å². The molecule has 0 radical (unpaired) electrons. The third-order valence-electron chi connectivity index (χ3n) is 1.38. The summed E-state index contributed by atoms with van der Waals surface area (Å²) in [4.78, 5) is 3.80. The first-order valence-electron chi connectivity index (χ1n) is 3.31. The Labute approximate surface area is 61.4 Å². The second-order valence-electron chi connectivity index (χ2n) is 2.37. The van der Waals surface area contributed by atoms with E-state index in [2.05, 4.69) is 36.8 Å². The molecule has 1 aromatic rings. The normalized spacial score (nSPS) is 9.30. The van der Waals surface area contributed by atoms with E-state index in [1.54, 1.807) is 0 Å². The number of hydrogen-bond acceptors (Lipinski definition) is 1. The van der Waals surface area contributed by atoms with Gasteiger partial charge in [0.25, 0.3) is 0 Å². The molecule has 0 aliphatic carbocycles. The fourth-order valence-corrected chi connectivity index (χ4v) is 0.940. The first kappa shape index (κ1) is 7.00. The van der Waals surface area contributed by atoms with E-state index in [1.165, 1.54) is 11.1 Å². The molecule has 0 spiro atoms. The van der Waals surface area contributed by atoms with Crippen LogP contribution in [0.5, 0.6) is 0 Å². The summed E-state index contributed by atoms with van der Waals surface area (Å²) in [5.74, 6) is 0. The smallest absolute Gasteiger partial charge is 0.0632 e. The number of hydrogen-bond donors (Lipinski definition) is 0. The second-order valence-corrected chi connectivity index (χ2v) is 2.37. The lowest BCUT2D eigenvalue weighted by atomic mass is 10.1. The fourth-order valence-electron chi connectivity index (χ4n) is 0.940. The van der Waals surface area contributed by atoms with Crippen LogP contribution in [0.2, 0.25) is 0 Å². The molecule has 10 heavy (non-hydrogen) atoms. The SMILES string of the molecule is C=NCc1cccc(C)c1. The summed E-state index contributed by atoms with van der Waals surface area (Å²) in [5.41, 5.74) is 2.51. The molecular formula is C9H11N. The van der Waals surface area contributed by atoms with Crippen LogP contribution in [-0.2, 0) is 6.54 Å². The third kappa shape index (κ3) is 1.69. The van der Waals surface area contributed by atoms with E-state index in [0.29, 0.717) is 0 Å². The molecule has 1 rings (SSSR count). The monoisotopic (exact) mass is 133 g/mol. The minimum atomic E-state index is 0.724. The van der Waals surface area contributed by atoms with Crippen molar-refractivity contribution in [2.75, 3.05) is 0 Å². The van der Waals surface area contributed by atoms with E-state index < -0.39 is 0 Å². The Hall–Kier alpha value is -1.11. The quantitative estimate of drug-likeness (QED) is 0.548. The average molecular weight is 133 g/mol. The Balaban J connectivity index is 2.84. The van der Waals surface area contributed by atoms with Crippen LogP contribution in [0.25, 0.3) is 0 Å². The molecule has 1 nitrogen and oxygen atoms in total. The van der Waals surface area contributed by atoms with Crippen molar-refractivity contribution in [3.05, 3.63) is 35.4 Å². The van der Waals surface area contributed by atoms with Gasteiger partial charge in [-0.15, -0.1) is 0 Å². The van der Waals surface area contributed by atoms with Crippen LogP contribution in [-0.4, -0.2) is 6.72 Å². The summed E-state index contributed by atoms with van der Waals surface area (Å²) in [5, 5.41) is 0. The molecular weight excluding hydrogens is 122 g/mol. The molecule has 0 N–H and O–H groups in total. The number of aryl methyl sites for hydroxylation is 1. The predicted molar refractivity (Wildman–Crippen MR) is 44.4 cm³/mol. The van der Waals surface area contributed by atoms with Gasteiger partial charge in [0.15, 0.2) is 0 Å². The lowest BCUT2D eigenvalue weighted by Crippen LogP contribution is -1.80. The molecule has 0 aliphatic rings. The van der Waals surface area contributed by atoms with Gasteiger partial charge in [-0.1, -0.05) is 29.8 Å². The van der Waals surface area contributed by atoms with Gasteiger partial charge in [0, 0.05) is 0 Å². The van der Waals surface area contributed by atoms with Crippen LogP contribution < -0.4 is 0 Å². The first-order valence-corrected chi connectivity index (χ1v) is 3.31. The fraction of sp³-hybridized carbons (Fsp3) is 0.222. The van der Waals surface area contributed by atoms with Crippen LogP contribution in [0.4, 0.5) is 0 Å². The van der Waals surface area contributed by atoms with E-state index in [4.69, 9.17) is 0 Å². The molecule has 0 saturated carbocycles. The third-order valence-corrected chi connectivity index (χ3v) is 1.38. The summed E-state index contributed by atoms with van der Waals surface area (Å²) >= 11 is 0. The van der Waals surface area contributed by atoms with Crippen molar-refractivity contribution < 1.29 is 0 Å². The topological polar surface area (TPSA) is 12.4 Å². The standard InChI is InChI=1S/C9H11N/c1-8-4-3-5-9(6-8)7-10-2/h3-6H,2,7H2,1H3. The van der Waals surface area contributed by atoms with Gasteiger partial charge in [-0.2, -0.15) is 0 Å². The molecule has 1 aromatic carbocycles. The Bertz CT molecular complexity index is 228. The second kappa shape index (κ2) is 3.16. The van der Waals surface area contributed by atoms with E-state index >= 15 is 0 Å². The van der Waals surface area contributed by atoms with Crippen molar-refractivity contribution in [3.8, 4) is 0 Å². The summed E-state index contributed by atoms with van der Waals surface area (Å²) in [6, 6.07) is 8.29. The average Bonchev–Trinajstić information content (AvgIpc) is 1.88. The number of nitrogens with zero attached hydrogens (tertiary/aromatic N) is 1. The zero-order valence-electron chi connectivity index (χ0n) is 6.17. The molecule has 0 unspecified atom stereocenters. The molecule has 0 aliphatic heterocycles. The van der Waals surface area contributed by atoms with Crippen molar-refractivity contribution >= 4 is 6.72 Å². The lowest BCUT2D eigenvalue weighted by Gasteiger charge is -1.95. The van der Waals surface area contributed by atoms with Crippen molar-refractivity contribution in [3.63, 3.8) is 0 Å². The van der Waals surface area contributed by atoms with Gasteiger partial charge in [0.1, 0.15) is 0 Å². The van der Waals surface area contributed by atoms with Gasteiger partial charge in [-0.05, 0) is 19.2 Å². The van der Waals surface area contributed by atoms with Crippen molar-refractivity contribution in [2.24, 2.45) is 4.99 Å². The Morgan fingerprint density at radius 3 is 2.90 bits per heavy atom. The maximum Gasteiger partial charge on any atom is 0.0632 e. The van der Waals surface area contributed by atoms with Gasteiger partial charge < -0.3 is 0 Å². The van der Waals surface area contributed by atoms with Crippen LogP contribution in [0, 0.1) is 6.92 Å². The molecule has 0 bridgehead atoms. The van der Waals surface area contributed by atoms with Crippen molar-refractivity contribution in [2.45, 2.75) is 13.5 Å². The van der Waals surface area contributed by atoms with Crippen molar-refractivity contribution in [1.29, 1.82) is 0 Å². The molecule has 52 valence electrons. The van der Waals surface area contributed by atoms with Gasteiger partial charge >= 0.3 is 0 Å². The van der Waals surface area contributed by atoms with Crippen LogP contribution in [0.15, 0.2) is 29.3 Å². The first-order chi connectivity index (χ1) is 4.83. The molecule has 0 saturated heterocycles. The largest absolute Gasteiger partial charge is 0.296 e. The van der Waals surface area contributed by atoms with Crippen LogP contribution in [0.3, 0.4) is 0 Å². The highest BCUT2D eigenvalue weighted by Crippen LogP contribution is 2.03. The van der Waals surface area contributed by atoms with Gasteiger partial charge in [-0.3, -0.25) is 4.99 Å². The number of rotatable bonds is 2. The lowest BCUT2D eigenvalue weighted by molar-refractivity contribution is 1.08. The molecule has 1 heteroatoms. The highest BCUT2D eigenvalue weighted by Gasteiger charge is 1.87. The van der Waals surface area contributed by atoms with Crippen LogP contribution >= 0.6 is 0 Å². The van der Waals surface area contributed by atoms with Gasteiger partial charge in [-0.25, -0.2) is 0 Å². The molecule has 0 fully saturated rings. The molecule has 0 aromatic heterocycles. The molecule has 0 amide bonds. The van der Waals surface area contributed by atoms with Crippen molar-refractivity contribution in [1.82, 2.24) is 0 Å². The van der Waals surface area contributed by atoms with E-state index in [1.807, 2.05) is 6.07 Å². The maximum absolute atomic E-state index is 3.80. The Morgan fingerprint density at radius 1 is 1.50 bits per heavy atom. The number of benzene rings is 1. The molecule has 0 atom stereocenters. The van der Waals surface area contributed by atoms with Gasteiger partial charge in [0.05, 0.1) is 6.54 Å². The number of aliphatic imine (C=N–C) groups is 1. The van der Waals surface area contributed by atoms with E-state index in [9.17, 15) is 0 Å². The zero-order valence-corrected chi connectivity index (χ0v) is 6.17. The summed E-state index contributed by atoms with van der Waals surface area (Å²) in [6.45, 7) is 6.24. The Kier molecular flexibility index (Phi) is 2.21. The minimum Gasteiger partial charge on any atom is -0.296 e. The summed E-state index contributed by atoms with van der Waals surface area (Å²) in [6.07, 6.45) is 0. The van der Waals surface area contributed by atoms with Gasteiger partial charge in [0.2, 0.25) is 0 Å². The highest BCUT2D eigenvalue weighted by molar-refractivity contribution is 5.27. The Morgan fingerprint density at radius 2 is 2.30 bits per heavy atom. The predicted octanol–water partition coefficient (Wildman–Crippen LogP) is 2.20. The zero-order chi connectivity index (χ0) is 7.40. The maximum atomic E-state index is 3.80. The minimum absolute atomic E-state index is 0.724. The molecule has 0 heterocycles. The summed E-state index contributed by atoms with van der Waals surface area (Å²) in [7, 11) is 0.